The molecule has 1 aliphatic carbocycles. The van der Waals surface area contributed by atoms with Crippen molar-refractivity contribution < 1.29 is 9.90 Å². The van der Waals surface area contributed by atoms with E-state index in [0.717, 1.165) is 19.3 Å². The van der Waals surface area contributed by atoms with Gasteiger partial charge >= 0.3 is 6.03 Å². The van der Waals surface area contributed by atoms with Crippen LogP contribution in [0.5, 0.6) is 0 Å². The minimum Gasteiger partial charge on any atom is -0.393 e. The van der Waals surface area contributed by atoms with Crippen molar-refractivity contribution in [2.24, 2.45) is 5.92 Å². The average Bonchev–Trinajstić information content (AvgIpc) is 2.87. The maximum Gasteiger partial charge on any atom is 0.321 e. The Kier molecular flexibility index (Phi) is 3.74. The first-order valence-electron chi connectivity index (χ1n) is 5.38. The van der Waals surface area contributed by atoms with Crippen molar-refractivity contribution in [1.82, 2.24) is 10.3 Å². The number of hydrogen-bond acceptors (Lipinski definition) is 4. The zero-order chi connectivity index (χ0) is 11.4. The summed E-state index contributed by atoms with van der Waals surface area (Å²) in [6.07, 6.45) is 4.25. The molecule has 0 aliphatic heterocycles. The SMILES string of the molecule is O=C(NC[C@H]1CCC[C@@H]1O)Nc1nccs1. The fourth-order valence-electron chi connectivity index (χ4n) is 1.91. The molecule has 1 aromatic heterocycles. The summed E-state index contributed by atoms with van der Waals surface area (Å²) >= 11 is 1.38. The molecule has 0 aromatic carbocycles. The van der Waals surface area contributed by atoms with Crippen molar-refractivity contribution in [3.05, 3.63) is 11.6 Å². The Labute approximate surface area is 97.9 Å². The van der Waals surface area contributed by atoms with E-state index in [-0.39, 0.29) is 18.1 Å². The van der Waals surface area contributed by atoms with Gasteiger partial charge in [0.1, 0.15) is 0 Å². The van der Waals surface area contributed by atoms with Crippen LogP contribution in [0.25, 0.3) is 0 Å². The number of carbonyl (C=O) groups excluding carboxylic acids is 1. The summed E-state index contributed by atoms with van der Waals surface area (Å²) in [7, 11) is 0. The van der Waals surface area contributed by atoms with Gasteiger partial charge in [0, 0.05) is 24.0 Å². The molecule has 0 saturated heterocycles. The van der Waals surface area contributed by atoms with Gasteiger partial charge in [0.2, 0.25) is 0 Å². The number of rotatable bonds is 3. The van der Waals surface area contributed by atoms with Crippen LogP contribution in [0.15, 0.2) is 11.6 Å². The smallest absolute Gasteiger partial charge is 0.321 e. The van der Waals surface area contributed by atoms with E-state index >= 15 is 0 Å². The van der Waals surface area contributed by atoms with Gasteiger partial charge in [-0.1, -0.05) is 6.42 Å². The molecule has 2 amide bonds. The summed E-state index contributed by atoms with van der Waals surface area (Å²) in [6.45, 7) is 0.526. The normalized spacial score (nSPS) is 24.3. The van der Waals surface area contributed by atoms with Crippen LogP contribution < -0.4 is 10.6 Å². The van der Waals surface area contributed by atoms with E-state index in [0.29, 0.717) is 11.7 Å². The number of hydrogen-bond donors (Lipinski definition) is 3. The highest BCUT2D eigenvalue weighted by molar-refractivity contribution is 7.13. The largest absolute Gasteiger partial charge is 0.393 e. The molecule has 2 atom stereocenters. The Hall–Kier alpha value is -1.14. The molecule has 0 unspecified atom stereocenters. The molecule has 1 saturated carbocycles. The maximum atomic E-state index is 11.4. The van der Waals surface area contributed by atoms with Crippen LogP contribution in [0.2, 0.25) is 0 Å². The highest BCUT2D eigenvalue weighted by Gasteiger charge is 2.25. The predicted molar refractivity (Wildman–Crippen MR) is 62.5 cm³/mol. The number of nitrogens with zero attached hydrogens (tertiary/aromatic N) is 1. The highest BCUT2D eigenvalue weighted by atomic mass is 32.1. The van der Waals surface area contributed by atoms with E-state index in [1.165, 1.54) is 11.3 Å². The summed E-state index contributed by atoms with van der Waals surface area (Å²) in [5.41, 5.74) is 0. The Bertz CT molecular complexity index is 342. The number of thiazole rings is 1. The van der Waals surface area contributed by atoms with E-state index in [4.69, 9.17) is 0 Å². The molecule has 1 fully saturated rings. The van der Waals surface area contributed by atoms with Gasteiger partial charge in [-0.15, -0.1) is 11.3 Å². The average molecular weight is 241 g/mol. The lowest BCUT2D eigenvalue weighted by Gasteiger charge is -2.14. The van der Waals surface area contributed by atoms with E-state index in [1.807, 2.05) is 0 Å². The molecule has 1 heterocycles. The van der Waals surface area contributed by atoms with Gasteiger partial charge in [-0.25, -0.2) is 9.78 Å². The van der Waals surface area contributed by atoms with Crippen LogP contribution in [0, 0.1) is 5.92 Å². The number of aliphatic hydroxyl groups excluding tert-OH is 1. The first kappa shape index (κ1) is 11.3. The molecule has 5 nitrogen and oxygen atoms in total. The predicted octanol–water partition coefficient (Wildman–Crippen LogP) is 1.43. The standard InChI is InChI=1S/C10H15N3O2S/c14-8-3-1-2-7(8)6-12-9(15)13-10-11-4-5-16-10/h4-5,7-8,14H,1-3,6H2,(H2,11,12,13,15)/t7-,8+/m1/s1. The number of aromatic nitrogens is 1. The summed E-state index contributed by atoms with van der Waals surface area (Å²) in [4.78, 5) is 15.4. The van der Waals surface area contributed by atoms with Gasteiger partial charge in [-0.05, 0) is 12.8 Å². The van der Waals surface area contributed by atoms with Gasteiger partial charge in [0.15, 0.2) is 5.13 Å². The lowest BCUT2D eigenvalue weighted by Crippen LogP contribution is -2.35. The molecule has 0 spiro atoms. The zero-order valence-electron chi connectivity index (χ0n) is 8.85. The molecule has 16 heavy (non-hydrogen) atoms. The number of amides is 2. The molecular formula is C10H15N3O2S. The fraction of sp³-hybridized carbons (Fsp3) is 0.600. The Balaban J connectivity index is 1.71. The molecule has 88 valence electrons. The van der Waals surface area contributed by atoms with Gasteiger partial charge in [-0.2, -0.15) is 0 Å². The van der Waals surface area contributed by atoms with Crippen molar-refractivity contribution in [2.75, 3.05) is 11.9 Å². The molecule has 2 rings (SSSR count). The van der Waals surface area contributed by atoms with Crippen LogP contribution in [0.1, 0.15) is 19.3 Å². The van der Waals surface area contributed by atoms with E-state index in [2.05, 4.69) is 15.6 Å². The van der Waals surface area contributed by atoms with Crippen molar-refractivity contribution in [2.45, 2.75) is 25.4 Å². The molecule has 1 aliphatic rings. The molecule has 0 bridgehead atoms. The zero-order valence-corrected chi connectivity index (χ0v) is 9.67. The van der Waals surface area contributed by atoms with Crippen LogP contribution in [-0.4, -0.2) is 28.8 Å². The van der Waals surface area contributed by atoms with Crippen molar-refractivity contribution >= 4 is 22.5 Å². The number of nitrogens with one attached hydrogen (secondary N) is 2. The van der Waals surface area contributed by atoms with E-state index < -0.39 is 0 Å². The molecule has 3 N–H and O–H groups in total. The quantitative estimate of drug-likeness (QED) is 0.749. The number of urea groups is 1. The first-order chi connectivity index (χ1) is 7.75. The van der Waals surface area contributed by atoms with E-state index in [9.17, 15) is 9.90 Å². The van der Waals surface area contributed by atoms with E-state index in [1.54, 1.807) is 11.6 Å². The summed E-state index contributed by atoms with van der Waals surface area (Å²) < 4.78 is 0. The molecule has 0 radical (unpaired) electrons. The minimum atomic E-state index is -0.264. The summed E-state index contributed by atoms with van der Waals surface area (Å²) in [5.74, 6) is 0.196. The second-order valence-electron chi connectivity index (χ2n) is 3.93. The number of carbonyl (C=O) groups is 1. The lowest BCUT2D eigenvalue weighted by molar-refractivity contribution is 0.133. The third-order valence-corrected chi connectivity index (χ3v) is 3.49. The molecule has 6 heteroatoms. The van der Waals surface area contributed by atoms with Crippen molar-refractivity contribution in [3.63, 3.8) is 0 Å². The van der Waals surface area contributed by atoms with Crippen molar-refractivity contribution in [3.8, 4) is 0 Å². The van der Waals surface area contributed by atoms with Crippen LogP contribution in [0.4, 0.5) is 9.93 Å². The Morgan fingerprint density at radius 1 is 1.62 bits per heavy atom. The van der Waals surface area contributed by atoms with Crippen LogP contribution >= 0.6 is 11.3 Å². The second-order valence-corrected chi connectivity index (χ2v) is 4.83. The molecule has 1 aromatic rings. The second kappa shape index (κ2) is 5.27. The Morgan fingerprint density at radius 3 is 3.12 bits per heavy atom. The van der Waals surface area contributed by atoms with Gasteiger partial charge in [0.05, 0.1) is 6.10 Å². The number of aliphatic hydroxyl groups is 1. The van der Waals surface area contributed by atoms with Gasteiger partial charge in [-0.3, -0.25) is 5.32 Å². The third-order valence-electron chi connectivity index (χ3n) is 2.80. The fourth-order valence-corrected chi connectivity index (χ4v) is 2.43. The van der Waals surface area contributed by atoms with Crippen LogP contribution in [-0.2, 0) is 0 Å². The topological polar surface area (TPSA) is 74.2 Å². The minimum absolute atomic E-state index is 0.196. The lowest BCUT2D eigenvalue weighted by atomic mass is 10.1. The van der Waals surface area contributed by atoms with Gasteiger partial charge in [0.25, 0.3) is 0 Å². The Morgan fingerprint density at radius 2 is 2.50 bits per heavy atom. The van der Waals surface area contributed by atoms with Crippen molar-refractivity contribution in [1.29, 1.82) is 0 Å². The summed E-state index contributed by atoms with van der Waals surface area (Å²) in [6, 6.07) is -0.256. The van der Waals surface area contributed by atoms with Gasteiger partial charge < -0.3 is 10.4 Å². The monoisotopic (exact) mass is 241 g/mol. The molecular weight excluding hydrogens is 226 g/mol. The number of anilines is 1. The van der Waals surface area contributed by atoms with Crippen LogP contribution in [0.3, 0.4) is 0 Å². The summed E-state index contributed by atoms with van der Waals surface area (Å²) in [5, 5.41) is 17.4. The maximum absolute atomic E-state index is 11.4. The first-order valence-corrected chi connectivity index (χ1v) is 6.26. The highest BCUT2D eigenvalue weighted by Crippen LogP contribution is 2.24. The third kappa shape index (κ3) is 2.93.